The van der Waals surface area contributed by atoms with Gasteiger partial charge in [0, 0.05) is 42.3 Å². The Morgan fingerprint density at radius 2 is 1.81 bits per heavy atom. The van der Waals surface area contributed by atoms with E-state index in [-0.39, 0.29) is 0 Å². The van der Waals surface area contributed by atoms with Gasteiger partial charge in [-0.25, -0.2) is 0 Å². The predicted molar refractivity (Wildman–Crippen MR) is 151 cm³/mol. The van der Waals surface area contributed by atoms with Gasteiger partial charge < -0.3 is 25.2 Å². The molecule has 2 fully saturated rings. The minimum atomic E-state index is 0.428. The third kappa shape index (κ3) is 4.97. The summed E-state index contributed by atoms with van der Waals surface area (Å²) in [6.07, 6.45) is 5.50. The summed E-state index contributed by atoms with van der Waals surface area (Å²) in [5, 5.41) is 3.05. The van der Waals surface area contributed by atoms with Gasteiger partial charge in [-0.2, -0.15) is 9.97 Å². The molecule has 0 aliphatic carbocycles. The summed E-state index contributed by atoms with van der Waals surface area (Å²) in [6.45, 7) is 6.11. The average molecular weight is 521 g/mol. The van der Waals surface area contributed by atoms with Gasteiger partial charge in [0.1, 0.15) is 12.4 Å². The fourth-order valence-electron chi connectivity index (χ4n) is 6.20. The predicted octanol–water partition coefficient (Wildman–Crippen LogP) is 4.49. The van der Waals surface area contributed by atoms with Gasteiger partial charge in [-0.15, -0.1) is 0 Å². The Morgan fingerprint density at radius 3 is 2.57 bits per heavy atom. The van der Waals surface area contributed by atoms with Crippen LogP contribution in [-0.4, -0.2) is 67.3 Å². The Balaban J connectivity index is 1.32. The maximum absolute atomic E-state index is 6.68. The Hall–Kier alpha value is -2.61. The van der Waals surface area contributed by atoms with Crippen LogP contribution in [0.5, 0.6) is 6.01 Å². The van der Waals surface area contributed by atoms with E-state index >= 15 is 0 Å². The van der Waals surface area contributed by atoms with Crippen molar-refractivity contribution in [1.29, 1.82) is 0 Å². The molecule has 2 N–H and O–H groups in total. The highest BCUT2D eigenvalue weighted by molar-refractivity contribution is 6.36. The highest BCUT2D eigenvalue weighted by Crippen LogP contribution is 2.37. The molecule has 3 aliphatic rings. The summed E-state index contributed by atoms with van der Waals surface area (Å²) in [5.74, 6) is 1.67. The molecule has 0 bridgehead atoms. The van der Waals surface area contributed by atoms with Crippen molar-refractivity contribution in [3.8, 4) is 6.01 Å². The maximum Gasteiger partial charge on any atom is 0.318 e. The largest absolute Gasteiger partial charge is 0.462 e. The molecule has 3 aliphatic heterocycles. The summed E-state index contributed by atoms with van der Waals surface area (Å²) < 4.78 is 6.28. The van der Waals surface area contributed by atoms with Crippen molar-refractivity contribution >= 4 is 33.9 Å². The molecule has 3 aromatic rings. The molecule has 196 valence electrons. The number of ether oxygens (including phenoxy) is 1. The molecule has 7 nitrogen and oxygen atoms in total. The lowest BCUT2D eigenvalue weighted by molar-refractivity contribution is 0.187. The molecule has 4 heterocycles. The fourth-order valence-corrected chi connectivity index (χ4v) is 6.48. The number of piperidine rings is 1. The lowest BCUT2D eigenvalue weighted by Gasteiger charge is -2.37. The number of rotatable bonds is 6. The van der Waals surface area contributed by atoms with E-state index in [2.05, 4.69) is 46.0 Å². The van der Waals surface area contributed by atoms with E-state index in [4.69, 9.17) is 32.0 Å². The lowest BCUT2D eigenvalue weighted by atomic mass is 9.96. The molecule has 0 amide bonds. The van der Waals surface area contributed by atoms with E-state index in [1.54, 1.807) is 0 Å². The number of benzene rings is 2. The van der Waals surface area contributed by atoms with Crippen molar-refractivity contribution in [2.45, 2.75) is 44.7 Å². The summed E-state index contributed by atoms with van der Waals surface area (Å²) >= 11 is 6.68. The molecule has 8 heteroatoms. The number of likely N-dealkylation sites (tertiary alicyclic amines) is 1. The van der Waals surface area contributed by atoms with E-state index in [1.807, 2.05) is 12.1 Å². The van der Waals surface area contributed by atoms with E-state index < -0.39 is 0 Å². The van der Waals surface area contributed by atoms with Crippen LogP contribution in [0, 0.1) is 5.92 Å². The van der Waals surface area contributed by atoms with E-state index in [9.17, 15) is 0 Å². The van der Waals surface area contributed by atoms with E-state index in [1.165, 1.54) is 12.0 Å². The summed E-state index contributed by atoms with van der Waals surface area (Å²) in [5.41, 5.74) is 9.46. The minimum Gasteiger partial charge on any atom is -0.462 e. The van der Waals surface area contributed by atoms with Crippen molar-refractivity contribution in [1.82, 2.24) is 14.9 Å². The topological polar surface area (TPSA) is 70.8 Å². The zero-order valence-electron chi connectivity index (χ0n) is 21.7. The second-order valence-electron chi connectivity index (χ2n) is 10.8. The van der Waals surface area contributed by atoms with E-state index in [0.717, 1.165) is 91.4 Å². The second-order valence-corrected chi connectivity index (χ2v) is 11.2. The van der Waals surface area contributed by atoms with Crippen molar-refractivity contribution < 1.29 is 4.74 Å². The molecular formula is C29H37ClN6O. The highest BCUT2D eigenvalue weighted by atomic mass is 35.5. The number of hydrogen-bond donors (Lipinski definition) is 1. The number of halogens is 1. The summed E-state index contributed by atoms with van der Waals surface area (Å²) in [4.78, 5) is 17.2. The van der Waals surface area contributed by atoms with Crippen molar-refractivity contribution in [2.24, 2.45) is 11.7 Å². The molecule has 1 atom stereocenters. The molecule has 6 rings (SSSR count). The fraction of sp³-hybridized carbons (Fsp3) is 0.517. The zero-order valence-corrected chi connectivity index (χ0v) is 22.5. The Kier molecular flexibility index (Phi) is 7.10. The third-order valence-electron chi connectivity index (χ3n) is 8.52. The number of fused-ring (bicyclic) bond motifs is 2. The normalized spacial score (nSPS) is 21.0. The van der Waals surface area contributed by atoms with Crippen LogP contribution in [0.25, 0.3) is 10.8 Å². The summed E-state index contributed by atoms with van der Waals surface area (Å²) in [6, 6.07) is 13.5. The molecule has 1 unspecified atom stereocenters. The first kappa shape index (κ1) is 24.7. The number of anilines is 2. The van der Waals surface area contributed by atoms with Crippen LogP contribution in [0.3, 0.4) is 0 Å². The molecule has 1 aromatic heterocycles. The Morgan fingerprint density at radius 1 is 1.00 bits per heavy atom. The summed E-state index contributed by atoms with van der Waals surface area (Å²) in [7, 11) is 2.18. The van der Waals surface area contributed by atoms with Crippen LogP contribution in [0.2, 0.25) is 5.02 Å². The first-order valence-electron chi connectivity index (χ1n) is 13.7. The second kappa shape index (κ2) is 10.6. The lowest BCUT2D eigenvalue weighted by Crippen LogP contribution is -2.39. The first-order chi connectivity index (χ1) is 18.1. The van der Waals surface area contributed by atoms with Crippen molar-refractivity contribution in [2.75, 3.05) is 56.2 Å². The van der Waals surface area contributed by atoms with E-state index in [0.29, 0.717) is 31.1 Å². The Bertz CT molecular complexity index is 1260. The van der Waals surface area contributed by atoms with Crippen LogP contribution < -0.4 is 20.3 Å². The van der Waals surface area contributed by atoms with Gasteiger partial charge in [0.05, 0.1) is 17.3 Å². The standard InChI is InChI=1S/C29H37ClN6O/c1-34-13-4-7-22(34)19-37-29-32-25-18-36(26-9-3-6-21-5-2-8-24(30)27(21)26)16-12-23(25)28(33-29)35-14-10-20(17-31)11-15-35/h2-3,5-6,8-9,20,22H,4,7,10-19,31H2,1H3. The van der Waals surface area contributed by atoms with Gasteiger partial charge in [-0.1, -0.05) is 35.9 Å². The van der Waals surface area contributed by atoms with Crippen molar-refractivity contribution in [3.05, 3.63) is 52.7 Å². The SMILES string of the molecule is CN1CCCC1COc1nc2c(c(N3CCC(CN)CC3)n1)CCN(c1cccc3cccc(Cl)c13)C2. The molecule has 0 radical (unpaired) electrons. The molecular weight excluding hydrogens is 484 g/mol. The maximum atomic E-state index is 6.68. The average Bonchev–Trinajstić information content (AvgIpc) is 3.35. The third-order valence-corrected chi connectivity index (χ3v) is 8.83. The van der Waals surface area contributed by atoms with Gasteiger partial charge in [-0.3, -0.25) is 0 Å². The number of hydrogen-bond acceptors (Lipinski definition) is 7. The monoisotopic (exact) mass is 520 g/mol. The number of nitrogens with zero attached hydrogens (tertiary/aromatic N) is 5. The van der Waals surface area contributed by atoms with Crippen LogP contribution in [0.4, 0.5) is 11.5 Å². The van der Waals surface area contributed by atoms with Gasteiger partial charge >= 0.3 is 6.01 Å². The molecule has 2 saturated heterocycles. The van der Waals surface area contributed by atoms with Gasteiger partial charge in [0.2, 0.25) is 0 Å². The van der Waals surface area contributed by atoms with Crippen LogP contribution in [0.15, 0.2) is 36.4 Å². The van der Waals surface area contributed by atoms with Crippen LogP contribution in [0.1, 0.15) is 36.9 Å². The molecule has 0 saturated carbocycles. The number of nitrogens with two attached hydrogens (primary N) is 1. The van der Waals surface area contributed by atoms with Crippen LogP contribution >= 0.6 is 11.6 Å². The Labute approximate surface area is 224 Å². The number of likely N-dealkylation sites (N-methyl/N-ethyl adjacent to an activating group) is 1. The number of aromatic nitrogens is 2. The van der Waals surface area contributed by atoms with Gasteiger partial charge in [0.15, 0.2) is 0 Å². The molecule has 2 aromatic carbocycles. The minimum absolute atomic E-state index is 0.428. The van der Waals surface area contributed by atoms with Crippen LogP contribution in [-0.2, 0) is 13.0 Å². The zero-order chi connectivity index (χ0) is 25.4. The highest BCUT2D eigenvalue weighted by Gasteiger charge is 2.29. The van der Waals surface area contributed by atoms with Crippen molar-refractivity contribution in [3.63, 3.8) is 0 Å². The smallest absolute Gasteiger partial charge is 0.318 e. The van der Waals surface area contributed by atoms with Gasteiger partial charge in [0.25, 0.3) is 0 Å². The van der Waals surface area contributed by atoms with Gasteiger partial charge in [-0.05, 0) is 75.7 Å². The molecule has 0 spiro atoms. The first-order valence-corrected chi connectivity index (χ1v) is 14.1. The molecule has 37 heavy (non-hydrogen) atoms. The quantitative estimate of drug-likeness (QED) is 0.513.